The fraction of sp³-hybridized carbons (Fsp3) is 0.207. The summed E-state index contributed by atoms with van der Waals surface area (Å²) in [6, 6.07) is 27.9. The van der Waals surface area contributed by atoms with Crippen molar-refractivity contribution in [3.63, 3.8) is 0 Å². The monoisotopic (exact) mass is 466 g/mol. The molecule has 0 aliphatic carbocycles. The molecule has 0 spiro atoms. The molecule has 1 aliphatic heterocycles. The number of nitrogens with one attached hydrogen (secondary N) is 1. The molecule has 0 saturated heterocycles. The summed E-state index contributed by atoms with van der Waals surface area (Å²) < 4.78 is 7.95. The van der Waals surface area contributed by atoms with Crippen molar-refractivity contribution in [3.05, 3.63) is 108 Å². The van der Waals surface area contributed by atoms with Gasteiger partial charge in [0.1, 0.15) is 5.75 Å². The number of para-hydroxylation sites is 3. The number of benzene rings is 3. The highest BCUT2D eigenvalue weighted by Gasteiger charge is 2.33. The van der Waals surface area contributed by atoms with Crippen LogP contribution in [0.3, 0.4) is 0 Å². The number of nitrogens with zero attached hydrogens (tertiary/aromatic N) is 3. The van der Waals surface area contributed by atoms with Crippen molar-refractivity contribution < 1.29 is 9.53 Å². The van der Waals surface area contributed by atoms with Gasteiger partial charge in [0.15, 0.2) is 0 Å². The van der Waals surface area contributed by atoms with Crippen molar-refractivity contribution in [3.8, 4) is 11.4 Å². The van der Waals surface area contributed by atoms with Crippen LogP contribution in [0, 0.1) is 0 Å². The van der Waals surface area contributed by atoms with Crippen molar-refractivity contribution in [2.45, 2.75) is 19.5 Å². The molecule has 2 amide bonds. The maximum Gasteiger partial charge on any atom is 0.323 e. The molecule has 178 valence electrons. The van der Waals surface area contributed by atoms with Gasteiger partial charge in [0.05, 0.1) is 30.6 Å². The van der Waals surface area contributed by atoms with Gasteiger partial charge in [-0.2, -0.15) is 0 Å². The Kier molecular flexibility index (Phi) is 6.19. The summed E-state index contributed by atoms with van der Waals surface area (Å²) in [5, 5.41) is 3.12. The first-order valence-electron chi connectivity index (χ1n) is 11.9. The van der Waals surface area contributed by atoms with Gasteiger partial charge in [-0.3, -0.25) is 0 Å². The summed E-state index contributed by atoms with van der Waals surface area (Å²) in [6.07, 6.45) is 2.07. The van der Waals surface area contributed by atoms with Crippen molar-refractivity contribution >= 4 is 17.4 Å². The van der Waals surface area contributed by atoms with Gasteiger partial charge >= 0.3 is 6.03 Å². The zero-order valence-electron chi connectivity index (χ0n) is 20.3. The van der Waals surface area contributed by atoms with Gasteiger partial charge in [-0.25, -0.2) is 4.79 Å². The first-order valence-corrected chi connectivity index (χ1v) is 11.9. The van der Waals surface area contributed by atoms with Crippen LogP contribution in [0.2, 0.25) is 0 Å². The standard InChI is InChI=1S/C29H30N4O2/c1-4-35-27-14-8-6-11-24(27)30-29(34)33-20-22-10-5-7-12-25(22)32-19-9-13-26(32)28(33)21-15-17-23(18-16-21)31(2)3/h5-19,28H,4,20H2,1-3H3,(H,30,34)/t28-/m1/s1. The molecular formula is C29H30N4O2. The van der Waals surface area contributed by atoms with Crippen LogP contribution in [-0.2, 0) is 6.54 Å². The number of aromatic nitrogens is 1. The van der Waals surface area contributed by atoms with E-state index >= 15 is 0 Å². The van der Waals surface area contributed by atoms with Gasteiger partial charge in [-0.1, -0.05) is 42.5 Å². The highest BCUT2D eigenvalue weighted by Crippen LogP contribution is 2.38. The summed E-state index contributed by atoms with van der Waals surface area (Å²) >= 11 is 0. The molecule has 1 aliphatic rings. The highest BCUT2D eigenvalue weighted by atomic mass is 16.5. The second-order valence-electron chi connectivity index (χ2n) is 8.81. The van der Waals surface area contributed by atoms with Crippen LogP contribution in [0.4, 0.5) is 16.2 Å². The summed E-state index contributed by atoms with van der Waals surface area (Å²) in [6.45, 7) is 2.94. The van der Waals surface area contributed by atoms with Crippen LogP contribution in [0.5, 0.6) is 5.75 Å². The average Bonchev–Trinajstić information content (AvgIpc) is 3.29. The van der Waals surface area contributed by atoms with E-state index in [9.17, 15) is 4.79 Å². The molecule has 0 bridgehead atoms. The highest BCUT2D eigenvalue weighted by molar-refractivity contribution is 5.91. The number of hydrogen-bond acceptors (Lipinski definition) is 3. The summed E-state index contributed by atoms with van der Waals surface area (Å²) in [4.78, 5) is 17.9. The molecule has 0 fully saturated rings. The van der Waals surface area contributed by atoms with E-state index in [1.54, 1.807) is 0 Å². The number of carbonyl (C=O) groups is 1. The van der Waals surface area contributed by atoms with Gasteiger partial charge in [-0.05, 0) is 60.5 Å². The largest absolute Gasteiger partial charge is 0.492 e. The van der Waals surface area contributed by atoms with Gasteiger partial charge in [0.2, 0.25) is 0 Å². The van der Waals surface area contributed by atoms with Gasteiger partial charge in [-0.15, -0.1) is 0 Å². The number of ether oxygens (including phenoxy) is 1. The lowest BCUT2D eigenvalue weighted by Crippen LogP contribution is -2.38. The molecule has 2 heterocycles. The van der Waals surface area contributed by atoms with Crippen molar-refractivity contribution in [2.24, 2.45) is 0 Å². The minimum atomic E-state index is -0.270. The minimum absolute atomic E-state index is 0.178. The van der Waals surface area contributed by atoms with Crippen molar-refractivity contribution in [1.29, 1.82) is 0 Å². The Morgan fingerprint density at radius 2 is 1.71 bits per heavy atom. The molecular weight excluding hydrogens is 436 g/mol. The van der Waals surface area contributed by atoms with Gasteiger partial charge < -0.3 is 24.4 Å². The van der Waals surface area contributed by atoms with E-state index in [-0.39, 0.29) is 12.1 Å². The van der Waals surface area contributed by atoms with Crippen LogP contribution in [0.25, 0.3) is 5.69 Å². The van der Waals surface area contributed by atoms with Crippen molar-refractivity contribution in [2.75, 3.05) is 30.9 Å². The molecule has 1 atom stereocenters. The van der Waals surface area contributed by atoms with Crippen LogP contribution in [0.15, 0.2) is 91.1 Å². The second kappa shape index (κ2) is 9.58. The van der Waals surface area contributed by atoms with Gasteiger partial charge in [0, 0.05) is 31.7 Å². The Hall–Kier alpha value is -4.19. The molecule has 4 aromatic rings. The molecule has 0 radical (unpaired) electrons. The maximum atomic E-state index is 13.9. The molecule has 5 rings (SSSR count). The minimum Gasteiger partial charge on any atom is -0.492 e. The number of carbonyl (C=O) groups excluding carboxylic acids is 1. The first kappa shape index (κ1) is 22.6. The van der Waals surface area contributed by atoms with E-state index in [0.717, 1.165) is 28.2 Å². The van der Waals surface area contributed by atoms with Crippen LogP contribution < -0.4 is 15.0 Å². The Balaban J connectivity index is 1.60. The number of anilines is 2. The lowest BCUT2D eigenvalue weighted by molar-refractivity contribution is 0.194. The summed E-state index contributed by atoms with van der Waals surface area (Å²) in [7, 11) is 4.05. The fourth-order valence-electron chi connectivity index (χ4n) is 4.68. The zero-order chi connectivity index (χ0) is 24.4. The van der Waals surface area contributed by atoms with E-state index < -0.39 is 0 Å². The quantitative estimate of drug-likeness (QED) is 0.388. The predicted molar refractivity (Wildman–Crippen MR) is 141 cm³/mol. The Morgan fingerprint density at radius 3 is 2.49 bits per heavy atom. The van der Waals surface area contributed by atoms with Crippen LogP contribution >= 0.6 is 0 Å². The molecule has 6 nitrogen and oxygen atoms in total. The van der Waals surface area contributed by atoms with E-state index in [2.05, 4.69) is 63.4 Å². The van der Waals surface area contributed by atoms with Crippen LogP contribution in [-0.4, -0.2) is 36.2 Å². The van der Waals surface area contributed by atoms with E-state index in [4.69, 9.17) is 4.74 Å². The second-order valence-corrected chi connectivity index (χ2v) is 8.81. The summed E-state index contributed by atoms with van der Waals surface area (Å²) in [5.74, 6) is 0.661. The average molecular weight is 467 g/mol. The van der Waals surface area contributed by atoms with E-state index in [0.29, 0.717) is 24.6 Å². The number of hydrogen-bond donors (Lipinski definition) is 1. The summed E-state index contributed by atoms with van der Waals surface area (Å²) in [5.41, 5.74) is 6.05. The van der Waals surface area contributed by atoms with Gasteiger partial charge in [0.25, 0.3) is 0 Å². The number of urea groups is 1. The number of fused-ring (bicyclic) bond motifs is 3. The third kappa shape index (κ3) is 4.35. The third-order valence-electron chi connectivity index (χ3n) is 6.38. The Bertz CT molecular complexity index is 1330. The van der Waals surface area contributed by atoms with Crippen LogP contribution in [0.1, 0.15) is 29.8 Å². The van der Waals surface area contributed by atoms with Crippen molar-refractivity contribution in [1.82, 2.24) is 9.47 Å². The molecule has 35 heavy (non-hydrogen) atoms. The lowest BCUT2D eigenvalue weighted by Gasteiger charge is -2.31. The Morgan fingerprint density at radius 1 is 0.971 bits per heavy atom. The normalized spacial score (nSPS) is 14.5. The SMILES string of the molecule is CCOc1ccccc1NC(=O)N1Cc2ccccc2-n2cccc2[C@H]1c1ccc(N(C)C)cc1. The predicted octanol–water partition coefficient (Wildman–Crippen LogP) is 6.08. The lowest BCUT2D eigenvalue weighted by atomic mass is 10.0. The molecule has 0 unspecified atom stereocenters. The zero-order valence-corrected chi connectivity index (χ0v) is 20.3. The number of amides is 2. The molecule has 3 aromatic carbocycles. The molecule has 6 heteroatoms. The molecule has 1 N–H and O–H groups in total. The smallest absolute Gasteiger partial charge is 0.323 e. The third-order valence-corrected chi connectivity index (χ3v) is 6.38. The maximum absolute atomic E-state index is 13.9. The first-order chi connectivity index (χ1) is 17.1. The van der Waals surface area contributed by atoms with E-state index in [1.165, 1.54) is 0 Å². The molecule has 1 aromatic heterocycles. The number of rotatable bonds is 5. The fourth-order valence-corrected chi connectivity index (χ4v) is 4.68. The van der Waals surface area contributed by atoms with E-state index in [1.807, 2.05) is 68.4 Å². The molecule has 0 saturated carbocycles. The Labute approximate surface area is 206 Å². The topological polar surface area (TPSA) is 49.7 Å².